The van der Waals surface area contributed by atoms with E-state index in [4.69, 9.17) is 0 Å². The van der Waals surface area contributed by atoms with E-state index in [1.807, 2.05) is 0 Å². The molecule has 2 heterocycles. The fourth-order valence-corrected chi connectivity index (χ4v) is 3.23. The summed E-state index contributed by atoms with van der Waals surface area (Å²) in [6.07, 6.45) is 0. The van der Waals surface area contributed by atoms with Crippen molar-refractivity contribution in [2.24, 2.45) is 0 Å². The summed E-state index contributed by atoms with van der Waals surface area (Å²) in [6.45, 7) is 0. The van der Waals surface area contributed by atoms with Gasteiger partial charge in [-0.2, -0.15) is 0 Å². The molecule has 3 rings (SSSR count). The van der Waals surface area contributed by atoms with Gasteiger partial charge in [-0.3, -0.25) is 0 Å². The molecule has 2 aromatic heterocycles. The molecular weight excluding hydrogens is 235 g/mol. The first kappa shape index (κ1) is 6.78. The van der Waals surface area contributed by atoms with E-state index in [-0.39, 0.29) is 15.0 Å². The molecule has 0 aliphatic heterocycles. The first-order valence-electron chi connectivity index (χ1n) is 3.53. The fraction of sp³-hybridized carbons (Fsp3) is 0. The van der Waals surface area contributed by atoms with Gasteiger partial charge in [-0.15, -0.1) is 0 Å². The van der Waals surface area contributed by atoms with Crippen LogP contribution in [-0.4, -0.2) is 22.9 Å². The predicted molar refractivity (Wildman–Crippen MR) is 51.9 cm³/mol. The molecule has 0 aliphatic rings. The Morgan fingerprint density at radius 3 is 3.17 bits per heavy atom. The first-order chi connectivity index (χ1) is 5.95. The molecule has 2 nitrogen and oxygen atoms in total. The molecule has 0 N–H and O–H groups in total. The van der Waals surface area contributed by atoms with Crippen molar-refractivity contribution < 1.29 is 0 Å². The van der Waals surface area contributed by atoms with Crippen LogP contribution in [0.15, 0.2) is 23.6 Å². The average Bonchev–Trinajstić information content (AvgIpc) is 2.71. The van der Waals surface area contributed by atoms with Gasteiger partial charge in [0.25, 0.3) is 0 Å². The van der Waals surface area contributed by atoms with Gasteiger partial charge >= 0.3 is 79.0 Å². The minimum absolute atomic E-state index is 0.0958. The third-order valence-electron chi connectivity index (χ3n) is 1.86. The number of nitrogens with zero attached hydrogens (tertiary/aromatic N) is 2. The van der Waals surface area contributed by atoms with Crippen molar-refractivity contribution in [2.75, 3.05) is 0 Å². The van der Waals surface area contributed by atoms with E-state index in [2.05, 4.69) is 31.5 Å². The van der Waals surface area contributed by atoms with Crippen LogP contribution in [0.2, 0.25) is 0 Å². The van der Waals surface area contributed by atoms with Gasteiger partial charge in [0.1, 0.15) is 0 Å². The maximum atomic E-state index is 4.40. The molecule has 0 spiro atoms. The second kappa shape index (κ2) is 2.39. The quantitative estimate of drug-likeness (QED) is 0.560. The third-order valence-corrected chi connectivity index (χ3v) is 3.88. The zero-order chi connectivity index (χ0) is 7.97. The molecule has 0 aliphatic carbocycles. The van der Waals surface area contributed by atoms with Gasteiger partial charge in [0.2, 0.25) is 0 Å². The summed E-state index contributed by atoms with van der Waals surface area (Å²) >= 11 is 1.85. The molecule has 1 aromatic carbocycles. The summed E-state index contributed by atoms with van der Waals surface area (Å²) in [7, 11) is 0. The molecule has 0 fully saturated rings. The van der Waals surface area contributed by atoms with Gasteiger partial charge in [-0.1, -0.05) is 0 Å². The molecule has 0 atom stereocenters. The number of rotatable bonds is 0. The predicted octanol–water partition coefficient (Wildman–Crippen LogP) is 1.90. The van der Waals surface area contributed by atoms with Crippen LogP contribution in [0.5, 0.6) is 0 Å². The van der Waals surface area contributed by atoms with Gasteiger partial charge in [0.15, 0.2) is 0 Å². The van der Waals surface area contributed by atoms with Crippen molar-refractivity contribution in [2.45, 2.75) is 0 Å². The zero-order valence-electron chi connectivity index (χ0n) is 6.02. The summed E-state index contributed by atoms with van der Waals surface area (Å²) in [4.78, 5) is 0. The number of fused-ring (bicyclic) bond motifs is 3. The van der Waals surface area contributed by atoms with Crippen LogP contribution >= 0.6 is 11.3 Å². The van der Waals surface area contributed by atoms with Gasteiger partial charge in [0.05, 0.1) is 0 Å². The number of aromatic nitrogens is 2. The molecule has 0 unspecified atom stereocenters. The van der Waals surface area contributed by atoms with Gasteiger partial charge in [-0.25, -0.2) is 0 Å². The average molecular weight is 239 g/mol. The molecule has 0 amide bonds. The summed E-state index contributed by atoms with van der Waals surface area (Å²) in [5.41, 5.74) is 2.18. The molecule has 0 bridgehead atoms. The molecule has 0 saturated heterocycles. The van der Waals surface area contributed by atoms with Crippen LogP contribution in [0.1, 0.15) is 0 Å². The monoisotopic (exact) mass is 240 g/mol. The molecule has 3 aromatic rings. The normalized spacial score (nSPS) is 11.3. The van der Waals surface area contributed by atoms with E-state index in [0.29, 0.717) is 0 Å². The van der Waals surface area contributed by atoms with Crippen LogP contribution in [0.3, 0.4) is 0 Å². The minimum atomic E-state index is 0.0958. The number of benzene rings is 1. The second-order valence-electron chi connectivity index (χ2n) is 2.53. The molecule has 0 radical (unpaired) electrons. The van der Waals surface area contributed by atoms with Crippen molar-refractivity contribution in [3.8, 4) is 0 Å². The van der Waals surface area contributed by atoms with Crippen LogP contribution in [-0.2, 0) is 0 Å². The molecular formula is C8H4N2SSe. The Morgan fingerprint density at radius 1 is 1.17 bits per heavy atom. The second-order valence-corrected chi connectivity index (χ2v) is 4.59. The number of thiophene rings is 1. The molecule has 0 saturated carbocycles. The molecule has 58 valence electrons. The van der Waals surface area contributed by atoms with Crippen molar-refractivity contribution in [3.05, 3.63) is 23.6 Å². The maximum absolute atomic E-state index is 4.40. The van der Waals surface area contributed by atoms with Gasteiger partial charge in [0, 0.05) is 0 Å². The standard InChI is InChI=1S/C8H4N2SSe/c1-2-7-5(3-4-11-7)8-6(1)9-12-10-8/h1-4H. The van der Waals surface area contributed by atoms with Crippen molar-refractivity contribution in [3.63, 3.8) is 0 Å². The van der Waals surface area contributed by atoms with Crippen LogP contribution in [0, 0.1) is 0 Å². The molecule has 12 heavy (non-hydrogen) atoms. The van der Waals surface area contributed by atoms with E-state index < -0.39 is 0 Å². The van der Waals surface area contributed by atoms with E-state index >= 15 is 0 Å². The van der Waals surface area contributed by atoms with E-state index in [1.165, 1.54) is 10.1 Å². The Kier molecular flexibility index (Phi) is 1.35. The first-order valence-corrected chi connectivity index (χ1v) is 5.95. The van der Waals surface area contributed by atoms with E-state index in [1.54, 1.807) is 11.3 Å². The Hall–Kier alpha value is -0.701. The Balaban J connectivity index is 2.71. The summed E-state index contributed by atoms with van der Waals surface area (Å²) < 4.78 is 10.0. The van der Waals surface area contributed by atoms with Gasteiger partial charge < -0.3 is 0 Å². The van der Waals surface area contributed by atoms with Gasteiger partial charge in [-0.05, 0) is 0 Å². The topological polar surface area (TPSA) is 25.8 Å². The SMILES string of the molecule is c1cc2c(ccc3n[se]nc32)s1. The van der Waals surface area contributed by atoms with Crippen molar-refractivity contribution in [1.82, 2.24) is 7.96 Å². The zero-order valence-corrected chi connectivity index (χ0v) is 8.55. The Labute approximate surface area is 79.1 Å². The number of hydrogen-bond donors (Lipinski definition) is 0. The summed E-state index contributed by atoms with van der Waals surface area (Å²) in [5.74, 6) is 0. The summed E-state index contributed by atoms with van der Waals surface area (Å²) in [6, 6.07) is 6.31. The van der Waals surface area contributed by atoms with E-state index in [0.717, 1.165) is 11.0 Å². The third kappa shape index (κ3) is 0.800. The van der Waals surface area contributed by atoms with Crippen LogP contribution < -0.4 is 0 Å². The molecule has 4 heteroatoms. The van der Waals surface area contributed by atoms with Crippen molar-refractivity contribution >= 4 is 47.4 Å². The summed E-state index contributed by atoms with van der Waals surface area (Å²) in [5, 5.41) is 3.37. The fourth-order valence-electron chi connectivity index (χ4n) is 1.29. The van der Waals surface area contributed by atoms with Crippen LogP contribution in [0.4, 0.5) is 0 Å². The number of hydrogen-bond acceptors (Lipinski definition) is 3. The Morgan fingerprint density at radius 2 is 2.17 bits per heavy atom. The van der Waals surface area contributed by atoms with Crippen LogP contribution in [0.25, 0.3) is 21.1 Å². The Bertz CT molecular complexity index is 490. The van der Waals surface area contributed by atoms with Crippen molar-refractivity contribution in [1.29, 1.82) is 0 Å². The van der Waals surface area contributed by atoms with E-state index in [9.17, 15) is 0 Å².